The topological polar surface area (TPSA) is 89.0 Å². The number of hydrogen-bond acceptors (Lipinski definition) is 5. The Balaban J connectivity index is 0.997. The van der Waals surface area contributed by atoms with Gasteiger partial charge in [-0.15, -0.1) is 0 Å². The summed E-state index contributed by atoms with van der Waals surface area (Å²) in [4.78, 5) is 24.8. The first-order chi connectivity index (χ1) is 20.0. The van der Waals surface area contributed by atoms with Gasteiger partial charge < -0.3 is 14.8 Å². The number of hydrogen-bond donors (Lipinski definition) is 2. The number of anilines is 1. The predicted octanol–water partition coefficient (Wildman–Crippen LogP) is 5.87. The quantitative estimate of drug-likeness (QED) is 0.244. The van der Waals surface area contributed by atoms with Crippen molar-refractivity contribution in [3.8, 4) is 11.5 Å². The molecule has 2 amide bonds. The van der Waals surface area contributed by atoms with Crippen LogP contribution in [-0.4, -0.2) is 31.7 Å². The van der Waals surface area contributed by atoms with Gasteiger partial charge in [-0.05, 0) is 109 Å². The molecule has 4 saturated carbocycles. The molecule has 0 aromatic heterocycles. The number of methoxy groups -OCH3 is 1. The van der Waals surface area contributed by atoms with Gasteiger partial charge >= 0.3 is 0 Å². The first-order valence-corrected chi connectivity index (χ1v) is 14.5. The Morgan fingerprint density at radius 2 is 1.56 bits per heavy atom. The highest BCUT2D eigenvalue weighted by atomic mass is 16.5. The fourth-order valence-electron chi connectivity index (χ4n) is 7.59. The van der Waals surface area contributed by atoms with Crippen molar-refractivity contribution < 1.29 is 19.1 Å². The molecule has 212 valence electrons. The molecule has 7 rings (SSSR count). The van der Waals surface area contributed by atoms with E-state index >= 15 is 0 Å². The van der Waals surface area contributed by atoms with E-state index in [0.717, 1.165) is 34.6 Å². The zero-order valence-electron chi connectivity index (χ0n) is 23.5. The van der Waals surface area contributed by atoms with E-state index in [9.17, 15) is 9.59 Å². The van der Waals surface area contributed by atoms with Crippen LogP contribution in [0.3, 0.4) is 0 Å². The van der Waals surface area contributed by atoms with Crippen molar-refractivity contribution in [2.75, 3.05) is 19.0 Å². The van der Waals surface area contributed by atoms with Crippen LogP contribution in [0.4, 0.5) is 5.69 Å². The van der Waals surface area contributed by atoms with E-state index in [1.165, 1.54) is 57.4 Å². The van der Waals surface area contributed by atoms with Gasteiger partial charge in [-0.1, -0.05) is 42.5 Å². The third-order valence-corrected chi connectivity index (χ3v) is 8.98. The van der Waals surface area contributed by atoms with Crippen molar-refractivity contribution in [1.82, 2.24) is 5.43 Å². The average Bonchev–Trinajstić information content (AvgIpc) is 2.96. The number of carbonyl (C=O) groups excluding carboxylic acids is 2. The Labute approximate surface area is 241 Å². The fraction of sp³-hybridized carbons (Fsp3) is 0.382. The zero-order valence-corrected chi connectivity index (χ0v) is 23.5. The molecule has 4 aliphatic rings. The number of benzene rings is 3. The van der Waals surface area contributed by atoms with E-state index in [0.29, 0.717) is 16.9 Å². The van der Waals surface area contributed by atoms with Crippen molar-refractivity contribution in [2.24, 2.45) is 22.9 Å². The first-order valence-electron chi connectivity index (χ1n) is 14.5. The fourth-order valence-corrected chi connectivity index (χ4v) is 7.59. The highest BCUT2D eigenvalue weighted by Crippen LogP contribution is 2.60. The van der Waals surface area contributed by atoms with Crippen LogP contribution in [-0.2, 0) is 21.4 Å². The molecule has 3 aromatic carbocycles. The summed E-state index contributed by atoms with van der Waals surface area (Å²) in [7, 11) is 1.54. The molecule has 0 saturated heterocycles. The summed E-state index contributed by atoms with van der Waals surface area (Å²) in [6, 6.07) is 23.2. The van der Waals surface area contributed by atoms with E-state index in [2.05, 4.69) is 28.0 Å². The maximum absolute atomic E-state index is 12.7. The van der Waals surface area contributed by atoms with E-state index in [1.807, 2.05) is 42.5 Å². The molecular formula is C34H37N3O4. The van der Waals surface area contributed by atoms with Crippen LogP contribution in [0, 0.1) is 17.8 Å². The smallest absolute Gasteiger partial charge is 0.262 e. The molecule has 4 aliphatic carbocycles. The van der Waals surface area contributed by atoms with E-state index in [-0.39, 0.29) is 24.8 Å². The highest BCUT2D eigenvalue weighted by Gasteiger charge is 2.51. The van der Waals surface area contributed by atoms with Crippen LogP contribution in [0.25, 0.3) is 0 Å². The predicted molar refractivity (Wildman–Crippen MR) is 159 cm³/mol. The van der Waals surface area contributed by atoms with Crippen LogP contribution in [0.1, 0.15) is 55.2 Å². The van der Waals surface area contributed by atoms with Crippen LogP contribution < -0.4 is 20.2 Å². The monoisotopic (exact) mass is 551 g/mol. The third-order valence-electron chi connectivity index (χ3n) is 8.98. The molecule has 0 spiro atoms. The maximum Gasteiger partial charge on any atom is 0.262 e. The van der Waals surface area contributed by atoms with Crippen LogP contribution in [0.5, 0.6) is 11.5 Å². The molecule has 0 radical (unpaired) electrons. The molecule has 4 bridgehead atoms. The average molecular weight is 552 g/mol. The standard InChI is InChI=1S/C34H37N3O4/c1-40-31-16-24(21-35-37-32(38)17-23-5-3-2-4-6-23)7-12-30(31)41-22-33(39)36-29-10-8-28(9-11-29)34-18-25-13-26(19-34)15-27(14-25)20-34/h2-12,16,21,25-27H,13-15,17-20,22H2,1H3,(H,36,39)(H,37,38)/b35-21+. The minimum Gasteiger partial charge on any atom is -0.493 e. The molecular weight excluding hydrogens is 514 g/mol. The van der Waals surface area contributed by atoms with E-state index < -0.39 is 0 Å². The second-order valence-electron chi connectivity index (χ2n) is 12.0. The van der Waals surface area contributed by atoms with Crippen LogP contribution in [0.15, 0.2) is 77.9 Å². The van der Waals surface area contributed by atoms with E-state index in [4.69, 9.17) is 9.47 Å². The van der Waals surface area contributed by atoms with Gasteiger partial charge in [0.25, 0.3) is 5.91 Å². The van der Waals surface area contributed by atoms with Gasteiger partial charge in [-0.2, -0.15) is 5.10 Å². The summed E-state index contributed by atoms with van der Waals surface area (Å²) >= 11 is 0. The van der Waals surface area contributed by atoms with Gasteiger partial charge in [0, 0.05) is 5.69 Å². The molecule has 4 fully saturated rings. The van der Waals surface area contributed by atoms with Crippen LogP contribution >= 0.6 is 0 Å². The zero-order chi connectivity index (χ0) is 28.2. The Bertz CT molecular complexity index is 1380. The Kier molecular flexibility index (Phi) is 7.77. The molecule has 41 heavy (non-hydrogen) atoms. The number of hydrazone groups is 1. The Morgan fingerprint density at radius 1 is 0.878 bits per heavy atom. The third kappa shape index (κ3) is 6.29. The van der Waals surface area contributed by atoms with Gasteiger partial charge in [-0.25, -0.2) is 5.43 Å². The second-order valence-corrected chi connectivity index (χ2v) is 12.0. The van der Waals surface area contributed by atoms with Gasteiger partial charge in [0.15, 0.2) is 18.1 Å². The van der Waals surface area contributed by atoms with Gasteiger partial charge in [-0.3, -0.25) is 9.59 Å². The maximum atomic E-state index is 12.7. The highest BCUT2D eigenvalue weighted by molar-refractivity contribution is 5.92. The van der Waals surface area contributed by atoms with Crippen molar-refractivity contribution in [3.63, 3.8) is 0 Å². The SMILES string of the molecule is COc1cc(/C=N/NC(=O)Cc2ccccc2)ccc1OCC(=O)Nc1ccc(C23CC4CC(CC(C4)C2)C3)cc1. The number of carbonyl (C=O) groups is 2. The molecule has 0 unspecified atom stereocenters. The summed E-state index contributed by atoms with van der Waals surface area (Å²) in [5.74, 6) is 3.20. The van der Waals surface area contributed by atoms with Gasteiger partial charge in [0.05, 0.1) is 19.7 Å². The summed E-state index contributed by atoms with van der Waals surface area (Å²) in [5.41, 5.74) is 6.74. The van der Waals surface area contributed by atoms with Crippen molar-refractivity contribution >= 4 is 23.7 Å². The second kappa shape index (κ2) is 11.8. The molecule has 0 aliphatic heterocycles. The normalized spacial score (nSPS) is 24.3. The van der Waals surface area contributed by atoms with Gasteiger partial charge in [0.1, 0.15) is 0 Å². The number of ether oxygens (including phenoxy) is 2. The number of amides is 2. The lowest BCUT2D eigenvalue weighted by Crippen LogP contribution is -2.48. The number of nitrogens with one attached hydrogen (secondary N) is 2. The minimum atomic E-state index is -0.235. The molecule has 2 N–H and O–H groups in total. The largest absolute Gasteiger partial charge is 0.493 e. The Hall–Kier alpha value is -4.13. The van der Waals surface area contributed by atoms with Crippen molar-refractivity contribution in [2.45, 2.75) is 50.4 Å². The van der Waals surface area contributed by atoms with Crippen LogP contribution in [0.2, 0.25) is 0 Å². The number of rotatable bonds is 10. The molecule has 3 aromatic rings. The summed E-state index contributed by atoms with van der Waals surface area (Å²) in [5, 5.41) is 6.99. The Morgan fingerprint density at radius 3 is 2.22 bits per heavy atom. The molecule has 0 heterocycles. The van der Waals surface area contributed by atoms with Crippen molar-refractivity contribution in [1.29, 1.82) is 0 Å². The molecule has 7 heteroatoms. The molecule has 7 nitrogen and oxygen atoms in total. The molecule has 0 atom stereocenters. The van der Waals surface area contributed by atoms with E-state index in [1.54, 1.807) is 18.2 Å². The minimum absolute atomic E-state index is 0.143. The summed E-state index contributed by atoms with van der Waals surface area (Å²) < 4.78 is 11.2. The lowest BCUT2D eigenvalue weighted by atomic mass is 9.48. The summed E-state index contributed by atoms with van der Waals surface area (Å²) in [6.45, 7) is -0.143. The first kappa shape index (κ1) is 27.1. The lowest BCUT2D eigenvalue weighted by Gasteiger charge is -2.57. The van der Waals surface area contributed by atoms with Gasteiger partial charge in [0.2, 0.25) is 5.91 Å². The van der Waals surface area contributed by atoms with Crippen molar-refractivity contribution in [3.05, 3.63) is 89.5 Å². The lowest BCUT2D eigenvalue weighted by molar-refractivity contribution is -0.120. The number of nitrogens with zero attached hydrogens (tertiary/aromatic N) is 1. The summed E-state index contributed by atoms with van der Waals surface area (Å²) in [6.07, 6.45) is 10.1.